The van der Waals surface area contributed by atoms with Crippen LogP contribution in [0.2, 0.25) is 0 Å². The molecule has 0 saturated heterocycles. The topological polar surface area (TPSA) is 63.4 Å². The Morgan fingerprint density at radius 2 is 2.22 bits per heavy atom. The predicted octanol–water partition coefficient (Wildman–Crippen LogP) is 1.46. The zero-order chi connectivity index (χ0) is 13.0. The number of hydrogen-bond acceptors (Lipinski definition) is 4. The number of carbonyl (C=O) groups excluding carboxylic acids is 1. The van der Waals surface area contributed by atoms with Gasteiger partial charge in [0.1, 0.15) is 5.69 Å². The standard InChI is InChI=1S/C13H20N2O3/c1-17-12(16)11-5-4-10(15-11)8-14-9-13(18-2)6-3-7-13/h4-5,14-15H,3,6-9H2,1-2H3. The van der Waals surface area contributed by atoms with E-state index in [2.05, 4.69) is 15.0 Å². The molecule has 2 N–H and O–H groups in total. The Bertz CT molecular complexity index is 405. The third-order valence-electron chi connectivity index (χ3n) is 3.61. The summed E-state index contributed by atoms with van der Waals surface area (Å²) >= 11 is 0. The van der Waals surface area contributed by atoms with Gasteiger partial charge in [-0.2, -0.15) is 0 Å². The maximum atomic E-state index is 11.3. The highest BCUT2D eigenvalue weighted by Crippen LogP contribution is 2.34. The molecule has 0 aliphatic heterocycles. The summed E-state index contributed by atoms with van der Waals surface area (Å²) in [6, 6.07) is 3.62. The summed E-state index contributed by atoms with van der Waals surface area (Å²) in [5.74, 6) is -0.339. The molecule has 1 aliphatic rings. The quantitative estimate of drug-likeness (QED) is 0.752. The zero-order valence-corrected chi connectivity index (χ0v) is 10.9. The van der Waals surface area contributed by atoms with Crippen molar-refractivity contribution in [2.45, 2.75) is 31.4 Å². The van der Waals surface area contributed by atoms with Crippen molar-refractivity contribution in [1.82, 2.24) is 10.3 Å². The van der Waals surface area contributed by atoms with Gasteiger partial charge in [0.25, 0.3) is 0 Å². The van der Waals surface area contributed by atoms with Gasteiger partial charge < -0.3 is 19.8 Å². The van der Waals surface area contributed by atoms with Crippen LogP contribution in [0.3, 0.4) is 0 Å². The highest BCUT2D eigenvalue weighted by molar-refractivity contribution is 5.87. The number of aromatic amines is 1. The summed E-state index contributed by atoms with van der Waals surface area (Å²) in [7, 11) is 3.14. The normalized spacial score (nSPS) is 17.2. The lowest BCUT2D eigenvalue weighted by Gasteiger charge is -2.40. The highest BCUT2D eigenvalue weighted by atomic mass is 16.5. The second-order valence-corrected chi connectivity index (χ2v) is 4.73. The molecule has 1 fully saturated rings. The Morgan fingerprint density at radius 3 is 2.78 bits per heavy atom. The Morgan fingerprint density at radius 1 is 1.44 bits per heavy atom. The molecular formula is C13H20N2O3. The third kappa shape index (κ3) is 2.73. The Labute approximate surface area is 107 Å². The largest absolute Gasteiger partial charge is 0.464 e. The molecule has 0 spiro atoms. The van der Waals surface area contributed by atoms with E-state index in [9.17, 15) is 4.79 Å². The second-order valence-electron chi connectivity index (χ2n) is 4.73. The van der Waals surface area contributed by atoms with Crippen molar-refractivity contribution in [2.24, 2.45) is 0 Å². The van der Waals surface area contributed by atoms with E-state index in [1.165, 1.54) is 13.5 Å². The average molecular weight is 252 g/mol. The van der Waals surface area contributed by atoms with Crippen LogP contribution < -0.4 is 5.32 Å². The number of carbonyl (C=O) groups is 1. The van der Waals surface area contributed by atoms with Gasteiger partial charge >= 0.3 is 5.97 Å². The number of rotatable bonds is 6. The van der Waals surface area contributed by atoms with E-state index < -0.39 is 0 Å². The lowest BCUT2D eigenvalue weighted by Crippen LogP contribution is -2.47. The van der Waals surface area contributed by atoms with Gasteiger partial charge in [-0.15, -0.1) is 0 Å². The number of methoxy groups -OCH3 is 2. The number of aromatic nitrogens is 1. The van der Waals surface area contributed by atoms with Crippen molar-refractivity contribution in [3.05, 3.63) is 23.5 Å². The molecule has 5 nitrogen and oxygen atoms in total. The van der Waals surface area contributed by atoms with Gasteiger partial charge in [0.15, 0.2) is 0 Å². The Balaban J connectivity index is 1.80. The van der Waals surface area contributed by atoms with Gasteiger partial charge in [0.2, 0.25) is 0 Å². The van der Waals surface area contributed by atoms with Gasteiger partial charge in [0, 0.05) is 25.9 Å². The molecule has 18 heavy (non-hydrogen) atoms. The van der Waals surface area contributed by atoms with Crippen LogP contribution in [0.25, 0.3) is 0 Å². The SMILES string of the molecule is COC(=O)c1ccc(CNCC2(OC)CCC2)[nH]1. The van der Waals surface area contributed by atoms with E-state index in [0.29, 0.717) is 12.2 Å². The van der Waals surface area contributed by atoms with Gasteiger partial charge in [0.05, 0.1) is 12.7 Å². The smallest absolute Gasteiger partial charge is 0.354 e. The number of ether oxygens (including phenoxy) is 2. The monoisotopic (exact) mass is 252 g/mol. The predicted molar refractivity (Wildman–Crippen MR) is 67.4 cm³/mol. The third-order valence-corrected chi connectivity index (χ3v) is 3.61. The van der Waals surface area contributed by atoms with Crippen molar-refractivity contribution in [2.75, 3.05) is 20.8 Å². The van der Waals surface area contributed by atoms with E-state index in [4.69, 9.17) is 4.74 Å². The van der Waals surface area contributed by atoms with E-state index in [1.54, 1.807) is 13.2 Å². The minimum absolute atomic E-state index is 0.0256. The van der Waals surface area contributed by atoms with Crippen molar-refractivity contribution in [1.29, 1.82) is 0 Å². The molecule has 1 aromatic rings. The van der Waals surface area contributed by atoms with Crippen LogP contribution in [0.5, 0.6) is 0 Å². The van der Waals surface area contributed by atoms with Gasteiger partial charge in [-0.25, -0.2) is 4.79 Å². The lowest BCUT2D eigenvalue weighted by atomic mass is 9.80. The van der Waals surface area contributed by atoms with E-state index in [1.807, 2.05) is 6.07 Å². The summed E-state index contributed by atoms with van der Waals surface area (Å²) in [5.41, 5.74) is 1.48. The Kier molecular flexibility index (Phi) is 4.04. The molecule has 1 saturated carbocycles. The highest BCUT2D eigenvalue weighted by Gasteiger charge is 2.36. The molecule has 1 aromatic heterocycles. The number of nitrogens with one attached hydrogen (secondary N) is 2. The minimum atomic E-state index is -0.339. The molecule has 0 atom stereocenters. The summed E-state index contributed by atoms with van der Waals surface area (Å²) in [5, 5.41) is 3.36. The van der Waals surface area contributed by atoms with Gasteiger partial charge in [-0.1, -0.05) is 0 Å². The fourth-order valence-electron chi connectivity index (χ4n) is 2.22. The Hall–Kier alpha value is -1.33. The van der Waals surface area contributed by atoms with Crippen molar-refractivity contribution >= 4 is 5.97 Å². The summed E-state index contributed by atoms with van der Waals surface area (Å²) in [6.45, 7) is 1.54. The molecule has 0 bridgehead atoms. The first kappa shape index (κ1) is 13.1. The van der Waals surface area contributed by atoms with Crippen molar-refractivity contribution in [3.63, 3.8) is 0 Å². The molecule has 5 heteroatoms. The molecule has 1 heterocycles. The van der Waals surface area contributed by atoms with Crippen LogP contribution in [0.4, 0.5) is 0 Å². The molecule has 0 aromatic carbocycles. The van der Waals surface area contributed by atoms with Crippen LogP contribution in [-0.2, 0) is 16.0 Å². The maximum absolute atomic E-state index is 11.3. The van der Waals surface area contributed by atoms with Gasteiger partial charge in [-0.05, 0) is 31.4 Å². The second kappa shape index (κ2) is 5.54. The molecule has 0 radical (unpaired) electrons. The first-order valence-corrected chi connectivity index (χ1v) is 6.21. The fourth-order valence-corrected chi connectivity index (χ4v) is 2.22. The molecule has 2 rings (SSSR count). The van der Waals surface area contributed by atoms with Crippen LogP contribution in [-0.4, -0.2) is 37.3 Å². The minimum Gasteiger partial charge on any atom is -0.464 e. The maximum Gasteiger partial charge on any atom is 0.354 e. The van der Waals surface area contributed by atoms with Crippen LogP contribution in [0, 0.1) is 0 Å². The lowest BCUT2D eigenvalue weighted by molar-refractivity contribution is -0.0695. The first-order chi connectivity index (χ1) is 8.69. The first-order valence-electron chi connectivity index (χ1n) is 6.21. The van der Waals surface area contributed by atoms with E-state index in [-0.39, 0.29) is 11.6 Å². The molecule has 0 amide bonds. The molecular weight excluding hydrogens is 232 g/mol. The number of H-pyrrole nitrogens is 1. The van der Waals surface area contributed by atoms with Crippen molar-refractivity contribution < 1.29 is 14.3 Å². The van der Waals surface area contributed by atoms with E-state index in [0.717, 1.165) is 25.1 Å². The summed E-state index contributed by atoms with van der Waals surface area (Å²) < 4.78 is 10.2. The van der Waals surface area contributed by atoms with Gasteiger partial charge in [-0.3, -0.25) is 0 Å². The average Bonchev–Trinajstić information content (AvgIpc) is 2.80. The van der Waals surface area contributed by atoms with Crippen LogP contribution in [0.15, 0.2) is 12.1 Å². The summed E-state index contributed by atoms with van der Waals surface area (Å²) in [6.07, 6.45) is 3.48. The molecule has 100 valence electrons. The van der Waals surface area contributed by atoms with E-state index >= 15 is 0 Å². The fraction of sp³-hybridized carbons (Fsp3) is 0.615. The molecule has 0 unspecified atom stereocenters. The molecule has 1 aliphatic carbocycles. The van der Waals surface area contributed by atoms with Crippen LogP contribution in [0.1, 0.15) is 35.4 Å². The van der Waals surface area contributed by atoms with Crippen LogP contribution >= 0.6 is 0 Å². The number of esters is 1. The number of hydrogen-bond donors (Lipinski definition) is 2. The summed E-state index contributed by atoms with van der Waals surface area (Å²) in [4.78, 5) is 14.3. The van der Waals surface area contributed by atoms with Crippen molar-refractivity contribution in [3.8, 4) is 0 Å². The zero-order valence-electron chi connectivity index (χ0n) is 10.9.